The van der Waals surface area contributed by atoms with E-state index < -0.39 is 5.54 Å². The van der Waals surface area contributed by atoms with Gasteiger partial charge in [-0.2, -0.15) is 5.10 Å². The number of nitrogens with zero attached hydrogens (tertiary/aromatic N) is 5. The second kappa shape index (κ2) is 9.16. The summed E-state index contributed by atoms with van der Waals surface area (Å²) in [6.45, 7) is 8.02. The normalized spacial score (nSPS) is 15.3. The van der Waals surface area contributed by atoms with Crippen LogP contribution in [0.5, 0.6) is 0 Å². The molecule has 1 aliphatic heterocycles. The summed E-state index contributed by atoms with van der Waals surface area (Å²) in [5.41, 5.74) is 9.56. The van der Waals surface area contributed by atoms with Gasteiger partial charge in [-0.15, -0.1) is 24.6 Å². The van der Waals surface area contributed by atoms with Gasteiger partial charge < -0.3 is 15.5 Å². The number of carbonyl (C=O) groups excluding carboxylic acids is 2. The molecule has 0 aliphatic carbocycles. The zero-order valence-electron chi connectivity index (χ0n) is 19.5. The highest BCUT2D eigenvalue weighted by molar-refractivity contribution is 7.98. The number of aryl methyl sites for hydroxylation is 1. The third-order valence-electron chi connectivity index (χ3n) is 5.91. The number of nitrogen functional groups attached to an aromatic ring is 1. The first-order valence-corrected chi connectivity index (χ1v) is 11.6. The number of anilines is 2. The van der Waals surface area contributed by atoms with Crippen molar-refractivity contribution in [2.24, 2.45) is 0 Å². The Labute approximate surface area is 198 Å². The third-order valence-corrected chi connectivity index (χ3v) is 6.69. The highest BCUT2D eigenvalue weighted by Crippen LogP contribution is 2.37. The maximum Gasteiger partial charge on any atom is 0.252 e. The molecule has 0 atom stereocenters. The maximum atomic E-state index is 13.4. The molecular formula is C24H28N6O2S. The largest absolute Gasteiger partial charge is 0.382 e. The first kappa shape index (κ1) is 24.1. The molecule has 9 heteroatoms. The predicted octanol–water partition coefficient (Wildman–Crippen LogP) is 3.23. The summed E-state index contributed by atoms with van der Waals surface area (Å²) in [6.07, 6.45) is 11.4. The smallest absolute Gasteiger partial charge is 0.252 e. The Morgan fingerprint density at radius 1 is 1.21 bits per heavy atom. The number of aromatic nitrogens is 3. The van der Waals surface area contributed by atoms with E-state index in [1.54, 1.807) is 39.9 Å². The molecule has 33 heavy (non-hydrogen) atoms. The predicted molar refractivity (Wildman–Crippen MR) is 133 cm³/mol. The Morgan fingerprint density at radius 2 is 1.91 bits per heavy atom. The Balaban J connectivity index is 0.00000149. The highest BCUT2D eigenvalue weighted by atomic mass is 32.2. The van der Waals surface area contributed by atoms with Crippen LogP contribution >= 0.6 is 11.8 Å². The number of carbonyl (C=O) groups is 2. The second-order valence-corrected chi connectivity index (χ2v) is 9.04. The number of hydrogen-bond acceptors (Lipinski definition) is 6. The Hall–Kier alpha value is -3.51. The van der Waals surface area contributed by atoms with E-state index >= 15 is 0 Å². The topological polar surface area (TPSA) is 96.8 Å². The van der Waals surface area contributed by atoms with E-state index in [1.807, 2.05) is 37.4 Å². The number of hydrogen-bond donors (Lipinski definition) is 1. The first-order valence-electron chi connectivity index (χ1n) is 10.4. The highest BCUT2D eigenvalue weighted by Gasteiger charge is 2.44. The first-order chi connectivity index (χ1) is 15.7. The van der Waals surface area contributed by atoms with E-state index in [0.29, 0.717) is 18.9 Å². The summed E-state index contributed by atoms with van der Waals surface area (Å²) in [4.78, 5) is 34.0. The fourth-order valence-electron chi connectivity index (χ4n) is 4.33. The minimum Gasteiger partial charge on any atom is -0.382 e. The van der Waals surface area contributed by atoms with Gasteiger partial charge in [0.15, 0.2) is 5.82 Å². The van der Waals surface area contributed by atoms with Crippen molar-refractivity contribution in [3.05, 3.63) is 36.2 Å². The van der Waals surface area contributed by atoms with E-state index in [1.165, 1.54) is 13.3 Å². The minimum absolute atomic E-state index is 0.0933. The third kappa shape index (κ3) is 4.02. The lowest BCUT2D eigenvalue weighted by atomic mass is 9.96. The number of benzene rings is 1. The van der Waals surface area contributed by atoms with Crippen molar-refractivity contribution in [2.75, 3.05) is 30.0 Å². The molecule has 0 unspecified atom stereocenters. The summed E-state index contributed by atoms with van der Waals surface area (Å²) in [6, 6.07) is 8.09. The minimum atomic E-state index is -0.907. The van der Waals surface area contributed by atoms with Crippen LogP contribution < -0.4 is 10.6 Å². The van der Waals surface area contributed by atoms with Crippen LogP contribution in [0.3, 0.4) is 0 Å². The average molecular weight is 465 g/mol. The van der Waals surface area contributed by atoms with Gasteiger partial charge in [0.25, 0.3) is 5.91 Å². The van der Waals surface area contributed by atoms with Gasteiger partial charge in [-0.3, -0.25) is 9.59 Å². The van der Waals surface area contributed by atoms with Crippen molar-refractivity contribution < 1.29 is 9.59 Å². The van der Waals surface area contributed by atoms with Crippen LogP contribution in [0.2, 0.25) is 0 Å². The maximum absolute atomic E-state index is 13.4. The lowest BCUT2D eigenvalue weighted by Crippen LogP contribution is -2.64. The number of thioether (sulfide) groups is 1. The summed E-state index contributed by atoms with van der Waals surface area (Å²) in [5, 5.41) is 4.39. The van der Waals surface area contributed by atoms with Crippen molar-refractivity contribution in [3.8, 4) is 24.1 Å². The molecule has 2 aromatic heterocycles. The van der Waals surface area contributed by atoms with Crippen LogP contribution in [-0.4, -0.2) is 56.2 Å². The van der Waals surface area contributed by atoms with E-state index in [4.69, 9.17) is 5.73 Å². The van der Waals surface area contributed by atoms with Crippen LogP contribution in [0.4, 0.5) is 11.5 Å². The molecule has 8 nitrogen and oxygen atoms in total. The summed E-state index contributed by atoms with van der Waals surface area (Å²) in [5.74, 6) is 0.241. The van der Waals surface area contributed by atoms with Crippen LogP contribution in [0.25, 0.3) is 16.8 Å². The molecule has 2 amide bonds. The molecule has 0 bridgehead atoms. The molecule has 1 fully saturated rings. The number of nitrogens with two attached hydrogens (primary N) is 1. The summed E-state index contributed by atoms with van der Waals surface area (Å²) >= 11 is 1.59. The average Bonchev–Trinajstić information content (AvgIpc) is 3.14. The zero-order chi connectivity index (χ0) is 24.5. The van der Waals surface area contributed by atoms with Gasteiger partial charge in [0.1, 0.15) is 17.4 Å². The molecule has 0 radical (unpaired) electrons. The number of amides is 2. The molecule has 0 saturated carbocycles. The number of rotatable bonds is 3. The zero-order valence-corrected chi connectivity index (χ0v) is 20.3. The van der Waals surface area contributed by atoms with E-state index in [2.05, 4.69) is 22.9 Å². The van der Waals surface area contributed by atoms with Crippen molar-refractivity contribution >= 4 is 40.6 Å². The van der Waals surface area contributed by atoms with Crippen LogP contribution in [0.1, 0.15) is 26.3 Å². The van der Waals surface area contributed by atoms with Crippen LogP contribution in [0, 0.1) is 19.8 Å². The Bertz CT molecular complexity index is 1250. The van der Waals surface area contributed by atoms with Crippen molar-refractivity contribution in [1.29, 1.82) is 0 Å². The van der Waals surface area contributed by atoms with Crippen LogP contribution in [0.15, 0.2) is 35.5 Å². The summed E-state index contributed by atoms with van der Waals surface area (Å²) in [7, 11) is 0. The molecular weight excluding hydrogens is 436 g/mol. The molecule has 1 aliphatic rings. The molecule has 3 heterocycles. The molecule has 172 valence electrons. The van der Waals surface area contributed by atoms with E-state index in [9.17, 15) is 9.59 Å². The number of piperazine rings is 1. The quantitative estimate of drug-likeness (QED) is 0.472. The number of fused-ring (bicyclic) bond motifs is 1. The van der Waals surface area contributed by atoms with Crippen LogP contribution in [-0.2, 0) is 9.59 Å². The molecule has 3 aromatic rings. The standard InChI is InChI=1S/C22H26N6O2S.C2H2/c1-13-10-16(28-19(13)20(23)24-12-25-28)15-6-7-18(31-5)17(11-15)26-8-9-27(14(2)29)22(3,4)21(26)30;1-2/h6-7,10-12H,8-9H2,1-5H3,(H2,23,24,25);1-2H. The lowest BCUT2D eigenvalue weighted by Gasteiger charge is -2.45. The van der Waals surface area contributed by atoms with Gasteiger partial charge in [0.2, 0.25) is 5.91 Å². The van der Waals surface area contributed by atoms with Crippen molar-refractivity contribution in [1.82, 2.24) is 19.5 Å². The van der Waals surface area contributed by atoms with E-state index in [0.717, 1.165) is 32.9 Å². The molecule has 2 N–H and O–H groups in total. The SMILES string of the molecule is C#C.CSc1ccc(-c2cc(C)c3c(N)ncnn23)cc1N1CCN(C(C)=O)C(C)(C)C1=O. The van der Waals surface area contributed by atoms with Crippen molar-refractivity contribution in [2.45, 2.75) is 38.1 Å². The fraction of sp³-hybridized carbons (Fsp3) is 0.333. The number of terminal acetylenes is 1. The van der Waals surface area contributed by atoms with Gasteiger partial charge in [-0.05, 0) is 50.8 Å². The molecule has 1 saturated heterocycles. The van der Waals surface area contributed by atoms with Crippen molar-refractivity contribution in [3.63, 3.8) is 0 Å². The molecule has 0 spiro atoms. The molecule has 1 aromatic carbocycles. The fourth-order valence-corrected chi connectivity index (χ4v) is 4.91. The van der Waals surface area contributed by atoms with Gasteiger partial charge in [0, 0.05) is 30.5 Å². The summed E-state index contributed by atoms with van der Waals surface area (Å²) < 4.78 is 1.79. The Kier molecular flexibility index (Phi) is 6.70. The van der Waals surface area contributed by atoms with Gasteiger partial charge >= 0.3 is 0 Å². The second-order valence-electron chi connectivity index (χ2n) is 8.19. The van der Waals surface area contributed by atoms with Gasteiger partial charge in [-0.25, -0.2) is 9.50 Å². The monoisotopic (exact) mass is 464 g/mol. The van der Waals surface area contributed by atoms with E-state index in [-0.39, 0.29) is 11.8 Å². The Morgan fingerprint density at radius 3 is 2.55 bits per heavy atom. The van der Waals surface area contributed by atoms with Gasteiger partial charge in [-0.1, -0.05) is 6.07 Å². The molecule has 4 rings (SSSR count). The lowest BCUT2D eigenvalue weighted by molar-refractivity contribution is -0.145. The van der Waals surface area contributed by atoms with Gasteiger partial charge in [0.05, 0.1) is 11.4 Å².